The molecule has 0 unspecified atom stereocenters. The number of carboxylic acid groups (broad SMARTS) is 1. The molecule has 2 heterocycles. The van der Waals surface area contributed by atoms with E-state index < -0.39 is 23.8 Å². The summed E-state index contributed by atoms with van der Waals surface area (Å²) in [5.41, 5.74) is -1.57. The number of hydrogen-bond acceptors (Lipinski definition) is 6. The lowest BCUT2D eigenvalue weighted by atomic mass is 10.3. The largest absolute Gasteiger partial charge is 0.476 e. The predicted octanol–water partition coefficient (Wildman–Crippen LogP) is 0.908. The number of aromatic nitrogens is 5. The van der Waals surface area contributed by atoms with Crippen molar-refractivity contribution < 1.29 is 23.2 Å². The zero-order valence-electron chi connectivity index (χ0n) is 9.75. The molecule has 2 aromatic rings. The second kappa shape index (κ2) is 5.08. The van der Waals surface area contributed by atoms with E-state index in [0.717, 1.165) is 4.68 Å². The molecule has 2 rings (SSSR count). The average molecular weight is 273 g/mol. The van der Waals surface area contributed by atoms with E-state index in [4.69, 9.17) is 9.63 Å². The van der Waals surface area contributed by atoms with Gasteiger partial charge in [0.25, 0.3) is 6.43 Å². The molecule has 0 aliphatic carbocycles. The van der Waals surface area contributed by atoms with Crippen LogP contribution in [0.5, 0.6) is 0 Å². The Morgan fingerprint density at radius 3 is 2.79 bits per heavy atom. The third-order valence-electron chi connectivity index (χ3n) is 2.29. The lowest BCUT2D eigenvalue weighted by Crippen LogP contribution is -2.10. The average Bonchev–Trinajstić information content (AvgIpc) is 2.95. The molecule has 102 valence electrons. The van der Waals surface area contributed by atoms with Crippen LogP contribution in [0.1, 0.15) is 41.2 Å². The number of nitrogens with zero attached hydrogens (tertiary/aromatic N) is 5. The molecular weight excluding hydrogens is 264 g/mol. The van der Waals surface area contributed by atoms with E-state index in [9.17, 15) is 13.6 Å². The molecule has 1 N–H and O–H groups in total. The van der Waals surface area contributed by atoms with E-state index >= 15 is 0 Å². The fraction of sp³-hybridized carbons (Fsp3) is 0.444. The van der Waals surface area contributed by atoms with Crippen LogP contribution < -0.4 is 0 Å². The van der Waals surface area contributed by atoms with E-state index in [1.165, 1.54) is 0 Å². The topological polar surface area (TPSA) is 107 Å². The second-order valence-electron chi connectivity index (χ2n) is 3.54. The summed E-state index contributed by atoms with van der Waals surface area (Å²) in [5.74, 6) is -1.09. The smallest absolute Gasteiger partial charge is 0.358 e. The Kier molecular flexibility index (Phi) is 3.49. The van der Waals surface area contributed by atoms with Crippen LogP contribution in [0.3, 0.4) is 0 Å². The van der Waals surface area contributed by atoms with Gasteiger partial charge in [0.1, 0.15) is 12.2 Å². The lowest BCUT2D eigenvalue weighted by molar-refractivity contribution is 0.0675. The van der Waals surface area contributed by atoms with Gasteiger partial charge < -0.3 is 9.63 Å². The Morgan fingerprint density at radius 2 is 2.26 bits per heavy atom. The first-order valence-electron chi connectivity index (χ1n) is 5.29. The first-order chi connectivity index (χ1) is 9.02. The van der Waals surface area contributed by atoms with E-state index in [2.05, 4.69) is 20.5 Å². The summed E-state index contributed by atoms with van der Waals surface area (Å²) in [6.07, 6.45) is -2.51. The van der Waals surface area contributed by atoms with Crippen LogP contribution >= 0.6 is 0 Å². The van der Waals surface area contributed by atoms with Gasteiger partial charge in [-0.15, -0.1) is 5.10 Å². The van der Waals surface area contributed by atoms with Gasteiger partial charge in [-0.1, -0.05) is 17.3 Å². The minimum atomic E-state index is -3.02. The Labute approximate surface area is 105 Å². The highest BCUT2D eigenvalue weighted by Gasteiger charge is 2.26. The number of rotatable bonds is 5. The predicted molar refractivity (Wildman–Crippen MR) is 54.7 cm³/mol. The second-order valence-corrected chi connectivity index (χ2v) is 3.54. The van der Waals surface area contributed by atoms with Crippen LogP contribution in [0.15, 0.2) is 4.52 Å². The lowest BCUT2D eigenvalue weighted by Gasteiger charge is -2.02. The van der Waals surface area contributed by atoms with Crippen molar-refractivity contribution in [2.45, 2.75) is 26.3 Å². The first-order valence-corrected chi connectivity index (χ1v) is 5.29. The molecule has 0 aromatic carbocycles. The summed E-state index contributed by atoms with van der Waals surface area (Å²) in [6, 6.07) is 0. The maximum absolute atomic E-state index is 12.8. The SMILES string of the molecule is CCc1nc(Cn2nnc(C(=O)O)c2C(F)F)no1. The molecule has 19 heavy (non-hydrogen) atoms. The fourth-order valence-electron chi connectivity index (χ4n) is 1.44. The summed E-state index contributed by atoms with van der Waals surface area (Å²) in [5, 5.41) is 18.9. The van der Waals surface area contributed by atoms with Crippen LogP contribution in [0.4, 0.5) is 8.78 Å². The molecular formula is C9H9F2N5O3. The summed E-state index contributed by atoms with van der Waals surface area (Å²) >= 11 is 0. The van der Waals surface area contributed by atoms with Crippen LogP contribution in [0.25, 0.3) is 0 Å². The number of aromatic carboxylic acids is 1. The minimum Gasteiger partial charge on any atom is -0.476 e. The van der Waals surface area contributed by atoms with Crippen molar-refractivity contribution in [3.8, 4) is 0 Å². The number of aryl methyl sites for hydroxylation is 1. The van der Waals surface area contributed by atoms with E-state index in [1.54, 1.807) is 6.92 Å². The highest BCUT2D eigenvalue weighted by atomic mass is 19.3. The van der Waals surface area contributed by atoms with Gasteiger partial charge >= 0.3 is 5.97 Å². The number of halogens is 2. The van der Waals surface area contributed by atoms with Gasteiger partial charge in [0, 0.05) is 6.42 Å². The highest BCUT2D eigenvalue weighted by molar-refractivity contribution is 5.86. The third kappa shape index (κ3) is 2.56. The molecule has 0 radical (unpaired) electrons. The van der Waals surface area contributed by atoms with Gasteiger partial charge in [-0.25, -0.2) is 18.3 Å². The van der Waals surface area contributed by atoms with Gasteiger partial charge in [-0.05, 0) is 0 Å². The van der Waals surface area contributed by atoms with Gasteiger partial charge in [0.2, 0.25) is 5.89 Å². The number of alkyl halides is 2. The standard InChI is InChI=1S/C9H9F2N5O3/c1-2-5-12-4(14-19-5)3-16-7(8(10)11)6(9(17)18)13-15-16/h8H,2-3H2,1H3,(H,17,18). The van der Waals surface area contributed by atoms with E-state index in [0.29, 0.717) is 12.3 Å². The maximum Gasteiger partial charge on any atom is 0.358 e. The fourth-order valence-corrected chi connectivity index (χ4v) is 1.44. The number of hydrogen-bond donors (Lipinski definition) is 1. The molecule has 0 bridgehead atoms. The molecule has 10 heteroatoms. The van der Waals surface area contributed by atoms with Crippen molar-refractivity contribution in [2.75, 3.05) is 0 Å². The van der Waals surface area contributed by atoms with Crippen LogP contribution in [0.2, 0.25) is 0 Å². The zero-order valence-corrected chi connectivity index (χ0v) is 9.75. The van der Waals surface area contributed by atoms with Gasteiger partial charge in [0.15, 0.2) is 11.5 Å². The molecule has 0 saturated carbocycles. The molecule has 0 atom stereocenters. The first kappa shape index (κ1) is 13.1. The molecule has 0 aliphatic heterocycles. The third-order valence-corrected chi connectivity index (χ3v) is 2.29. The van der Waals surface area contributed by atoms with Crippen molar-refractivity contribution in [3.63, 3.8) is 0 Å². The molecule has 0 fully saturated rings. The zero-order chi connectivity index (χ0) is 14.0. The highest BCUT2D eigenvalue weighted by Crippen LogP contribution is 2.21. The van der Waals surface area contributed by atoms with Gasteiger partial charge in [-0.3, -0.25) is 0 Å². The summed E-state index contributed by atoms with van der Waals surface area (Å²) in [4.78, 5) is 14.7. The monoisotopic (exact) mass is 273 g/mol. The van der Waals surface area contributed by atoms with Gasteiger partial charge in [-0.2, -0.15) is 4.98 Å². The minimum absolute atomic E-state index is 0.126. The Bertz CT molecular complexity index is 594. The van der Waals surface area contributed by atoms with Crippen molar-refractivity contribution in [3.05, 3.63) is 23.1 Å². The van der Waals surface area contributed by atoms with Crippen LogP contribution in [-0.4, -0.2) is 36.2 Å². The van der Waals surface area contributed by atoms with Crippen LogP contribution in [-0.2, 0) is 13.0 Å². The number of carbonyl (C=O) groups is 1. The van der Waals surface area contributed by atoms with Crippen molar-refractivity contribution in [2.24, 2.45) is 0 Å². The molecule has 8 nitrogen and oxygen atoms in total. The van der Waals surface area contributed by atoms with Crippen molar-refractivity contribution >= 4 is 5.97 Å². The molecule has 0 saturated heterocycles. The summed E-state index contributed by atoms with van der Waals surface area (Å²) in [7, 11) is 0. The Balaban J connectivity index is 2.32. The summed E-state index contributed by atoms with van der Waals surface area (Å²) < 4.78 is 31.2. The normalized spacial score (nSPS) is 11.2. The van der Waals surface area contributed by atoms with Crippen molar-refractivity contribution in [1.82, 2.24) is 25.1 Å². The van der Waals surface area contributed by atoms with Gasteiger partial charge in [0.05, 0.1) is 0 Å². The quantitative estimate of drug-likeness (QED) is 0.862. The van der Waals surface area contributed by atoms with E-state index in [1.807, 2.05) is 0 Å². The molecule has 0 aliphatic rings. The Morgan fingerprint density at radius 1 is 1.53 bits per heavy atom. The molecule has 0 spiro atoms. The van der Waals surface area contributed by atoms with Crippen LogP contribution in [0, 0.1) is 0 Å². The summed E-state index contributed by atoms with van der Waals surface area (Å²) in [6.45, 7) is 1.56. The molecule has 2 aromatic heterocycles. The van der Waals surface area contributed by atoms with E-state index in [-0.39, 0.29) is 12.4 Å². The van der Waals surface area contributed by atoms with Crippen molar-refractivity contribution in [1.29, 1.82) is 0 Å². The Hall–Kier alpha value is -2.39. The maximum atomic E-state index is 12.8. The number of carboxylic acids is 1. The molecule has 0 amide bonds.